The zero-order chi connectivity index (χ0) is 31.7. The van der Waals surface area contributed by atoms with E-state index in [0.717, 1.165) is 0 Å². The zero-order valence-electron chi connectivity index (χ0n) is 23.7. The second-order valence-corrected chi connectivity index (χ2v) is 10.1. The minimum Gasteiger partial charge on any atom is -0.507 e. The standard InChI is InChI=1S/C36H24O9/c1-20-17-22-19-21-9-8-16-29(43-34(40)23-10-2-5-13-26(23)37)31(21)33(45-36(42)25-12-4-7-15-28(25)39)32(22)30(18-20)44-35(41)24-11-3-6-14-27(24)38/h2-19,37-39H,1H3. The highest BCUT2D eigenvalue weighted by Gasteiger charge is 2.25. The van der Waals surface area contributed by atoms with Crippen LogP contribution in [0.2, 0.25) is 0 Å². The Labute approximate surface area is 256 Å². The third kappa shape index (κ3) is 5.57. The van der Waals surface area contributed by atoms with Gasteiger partial charge in [0.05, 0.1) is 10.8 Å². The molecule has 0 heterocycles. The van der Waals surface area contributed by atoms with Crippen LogP contribution >= 0.6 is 0 Å². The lowest BCUT2D eigenvalue weighted by Gasteiger charge is -2.18. The number of carbonyl (C=O) groups excluding carboxylic acids is 3. The number of ether oxygens (including phenoxy) is 3. The third-order valence-corrected chi connectivity index (χ3v) is 7.07. The number of hydrogen-bond donors (Lipinski definition) is 3. The van der Waals surface area contributed by atoms with E-state index in [4.69, 9.17) is 14.2 Å². The molecule has 0 aliphatic rings. The number of phenolic OH excluding ortho intramolecular Hbond substituents is 3. The van der Waals surface area contributed by atoms with E-state index in [-0.39, 0.29) is 62.0 Å². The van der Waals surface area contributed by atoms with E-state index in [1.54, 1.807) is 73.7 Å². The van der Waals surface area contributed by atoms with Gasteiger partial charge in [-0.05, 0) is 77.9 Å². The van der Waals surface area contributed by atoms with Crippen molar-refractivity contribution in [2.24, 2.45) is 0 Å². The van der Waals surface area contributed by atoms with Crippen molar-refractivity contribution in [2.75, 3.05) is 0 Å². The van der Waals surface area contributed by atoms with Gasteiger partial charge in [0, 0.05) is 0 Å². The number of aryl methyl sites for hydroxylation is 1. The van der Waals surface area contributed by atoms with E-state index in [1.165, 1.54) is 42.5 Å². The Kier molecular flexibility index (Phi) is 7.50. The smallest absolute Gasteiger partial charge is 0.347 e. The molecule has 0 saturated carbocycles. The summed E-state index contributed by atoms with van der Waals surface area (Å²) in [5, 5.41) is 32.3. The Balaban J connectivity index is 1.58. The maximum absolute atomic E-state index is 13.5. The number of fused-ring (bicyclic) bond motifs is 2. The van der Waals surface area contributed by atoms with Crippen molar-refractivity contribution in [3.8, 4) is 34.5 Å². The van der Waals surface area contributed by atoms with E-state index in [2.05, 4.69) is 0 Å². The van der Waals surface area contributed by atoms with Crippen LogP contribution in [0.5, 0.6) is 34.5 Å². The fourth-order valence-corrected chi connectivity index (χ4v) is 5.00. The molecule has 222 valence electrons. The molecule has 0 unspecified atom stereocenters. The molecule has 0 saturated heterocycles. The van der Waals surface area contributed by atoms with Crippen LogP contribution in [-0.2, 0) is 0 Å². The highest BCUT2D eigenvalue weighted by atomic mass is 16.6. The molecular weight excluding hydrogens is 576 g/mol. The summed E-state index contributed by atoms with van der Waals surface area (Å²) in [7, 11) is 0. The molecule has 0 spiro atoms. The first-order chi connectivity index (χ1) is 21.7. The maximum Gasteiger partial charge on any atom is 0.347 e. The molecule has 3 N–H and O–H groups in total. The van der Waals surface area contributed by atoms with Gasteiger partial charge < -0.3 is 29.5 Å². The van der Waals surface area contributed by atoms with Gasteiger partial charge in [0.1, 0.15) is 45.4 Å². The van der Waals surface area contributed by atoms with Gasteiger partial charge in [0.2, 0.25) is 0 Å². The first kappa shape index (κ1) is 28.8. The summed E-state index contributed by atoms with van der Waals surface area (Å²) < 4.78 is 17.5. The Morgan fingerprint density at radius 1 is 0.489 bits per heavy atom. The van der Waals surface area contributed by atoms with Crippen LogP contribution in [0.25, 0.3) is 21.5 Å². The van der Waals surface area contributed by atoms with Crippen molar-refractivity contribution in [3.05, 3.63) is 131 Å². The van der Waals surface area contributed by atoms with Crippen LogP contribution < -0.4 is 14.2 Å². The monoisotopic (exact) mass is 600 g/mol. The van der Waals surface area contributed by atoms with Crippen LogP contribution in [0.3, 0.4) is 0 Å². The average molecular weight is 601 g/mol. The SMILES string of the molecule is Cc1cc(OC(=O)c2ccccc2O)c2c(OC(=O)c3ccccc3O)c3c(OC(=O)c4ccccc4O)cccc3cc2c1. The second-order valence-electron chi connectivity index (χ2n) is 10.1. The number of benzene rings is 6. The molecule has 0 aromatic heterocycles. The van der Waals surface area contributed by atoms with E-state index in [1.807, 2.05) is 0 Å². The van der Waals surface area contributed by atoms with Gasteiger partial charge in [0.25, 0.3) is 0 Å². The molecule has 6 aromatic rings. The van der Waals surface area contributed by atoms with Gasteiger partial charge in [0.15, 0.2) is 5.75 Å². The minimum atomic E-state index is -0.928. The molecule has 0 bridgehead atoms. The lowest BCUT2D eigenvalue weighted by molar-refractivity contribution is 0.0724. The molecule has 45 heavy (non-hydrogen) atoms. The Morgan fingerprint density at radius 3 is 1.49 bits per heavy atom. The first-order valence-corrected chi connectivity index (χ1v) is 13.7. The molecule has 9 nitrogen and oxygen atoms in total. The van der Waals surface area contributed by atoms with E-state index >= 15 is 0 Å². The molecule has 0 aliphatic carbocycles. The number of carbonyl (C=O) groups is 3. The number of rotatable bonds is 6. The number of para-hydroxylation sites is 3. The normalized spacial score (nSPS) is 10.9. The lowest BCUT2D eigenvalue weighted by atomic mass is 9.98. The Morgan fingerprint density at radius 2 is 0.956 bits per heavy atom. The van der Waals surface area contributed by atoms with Crippen molar-refractivity contribution in [2.45, 2.75) is 6.92 Å². The summed E-state index contributed by atoms with van der Waals surface area (Å²) in [6.07, 6.45) is 0. The summed E-state index contributed by atoms with van der Waals surface area (Å²) in [5.74, 6) is -3.67. The highest BCUT2D eigenvalue weighted by Crippen LogP contribution is 2.45. The fraction of sp³-hybridized carbons (Fsp3) is 0.0278. The van der Waals surface area contributed by atoms with Gasteiger partial charge in [-0.1, -0.05) is 54.6 Å². The molecule has 0 fully saturated rings. The number of hydrogen-bond acceptors (Lipinski definition) is 9. The van der Waals surface area contributed by atoms with Gasteiger partial charge in [-0.2, -0.15) is 0 Å². The number of aromatic hydroxyl groups is 3. The van der Waals surface area contributed by atoms with Crippen LogP contribution in [0.15, 0.2) is 109 Å². The van der Waals surface area contributed by atoms with Gasteiger partial charge in [-0.3, -0.25) is 0 Å². The Hall–Kier alpha value is -6.35. The second kappa shape index (κ2) is 11.7. The third-order valence-electron chi connectivity index (χ3n) is 7.07. The average Bonchev–Trinajstić information content (AvgIpc) is 3.01. The number of esters is 3. The number of phenols is 3. The molecule has 0 aliphatic heterocycles. The summed E-state index contributed by atoms with van der Waals surface area (Å²) in [5.41, 5.74) is 0.405. The molecule has 0 atom stereocenters. The first-order valence-electron chi connectivity index (χ1n) is 13.7. The summed E-state index contributed by atoms with van der Waals surface area (Å²) in [4.78, 5) is 39.9. The van der Waals surface area contributed by atoms with E-state index < -0.39 is 17.9 Å². The molecule has 9 heteroatoms. The molecule has 0 amide bonds. The predicted octanol–water partition coefficient (Wildman–Crippen LogP) is 7.08. The molecule has 6 aromatic carbocycles. The van der Waals surface area contributed by atoms with Crippen LogP contribution in [0.1, 0.15) is 36.6 Å². The van der Waals surface area contributed by atoms with Crippen molar-refractivity contribution >= 4 is 39.5 Å². The summed E-state index contributed by atoms with van der Waals surface area (Å²) in [6.45, 7) is 1.79. The molecular formula is C36H24O9. The summed E-state index contributed by atoms with van der Waals surface area (Å²) in [6, 6.07) is 27.6. The van der Waals surface area contributed by atoms with Gasteiger partial charge in [-0.25, -0.2) is 14.4 Å². The molecule has 6 rings (SSSR count). The van der Waals surface area contributed by atoms with Crippen molar-refractivity contribution in [1.82, 2.24) is 0 Å². The van der Waals surface area contributed by atoms with Crippen molar-refractivity contribution < 1.29 is 43.9 Å². The van der Waals surface area contributed by atoms with E-state index in [9.17, 15) is 29.7 Å². The van der Waals surface area contributed by atoms with Crippen LogP contribution in [0, 0.1) is 6.92 Å². The van der Waals surface area contributed by atoms with E-state index in [0.29, 0.717) is 16.3 Å². The predicted molar refractivity (Wildman–Crippen MR) is 165 cm³/mol. The highest BCUT2D eigenvalue weighted by molar-refractivity contribution is 6.13. The van der Waals surface area contributed by atoms with Crippen LogP contribution in [0.4, 0.5) is 0 Å². The Bertz CT molecular complexity index is 2150. The van der Waals surface area contributed by atoms with Crippen molar-refractivity contribution in [1.29, 1.82) is 0 Å². The fourth-order valence-electron chi connectivity index (χ4n) is 5.00. The van der Waals surface area contributed by atoms with Gasteiger partial charge >= 0.3 is 17.9 Å². The summed E-state index contributed by atoms with van der Waals surface area (Å²) >= 11 is 0. The minimum absolute atomic E-state index is 0.00192. The quantitative estimate of drug-likeness (QED) is 0.104. The largest absolute Gasteiger partial charge is 0.507 e. The lowest BCUT2D eigenvalue weighted by Crippen LogP contribution is -2.13. The zero-order valence-corrected chi connectivity index (χ0v) is 23.7. The topological polar surface area (TPSA) is 140 Å². The maximum atomic E-state index is 13.5. The van der Waals surface area contributed by atoms with Gasteiger partial charge in [-0.15, -0.1) is 0 Å². The molecule has 0 radical (unpaired) electrons. The van der Waals surface area contributed by atoms with Crippen LogP contribution in [-0.4, -0.2) is 33.2 Å². The van der Waals surface area contributed by atoms with Crippen molar-refractivity contribution in [3.63, 3.8) is 0 Å².